The average molecular weight is 300 g/mol. The van der Waals surface area contributed by atoms with E-state index >= 15 is 0 Å². The smallest absolute Gasteiger partial charge is 0.269 e. The topological polar surface area (TPSA) is 72.2 Å². The molecule has 5 heteroatoms. The first-order chi connectivity index (χ1) is 10.7. The Morgan fingerprint density at radius 3 is 2.41 bits per heavy atom. The van der Waals surface area contributed by atoms with Crippen LogP contribution in [0, 0.1) is 10.1 Å². The van der Waals surface area contributed by atoms with Crippen molar-refractivity contribution in [1.29, 1.82) is 0 Å². The van der Waals surface area contributed by atoms with Crippen LogP contribution in [0.5, 0.6) is 0 Å². The lowest BCUT2D eigenvalue weighted by molar-refractivity contribution is -0.384. The summed E-state index contributed by atoms with van der Waals surface area (Å²) in [5.41, 5.74) is 1.50. The van der Waals surface area contributed by atoms with Crippen LogP contribution in [0.1, 0.15) is 29.8 Å². The first-order valence-corrected chi connectivity index (χ1v) is 7.23. The standard InChI is InChI=1S/C15H14N2O3.C2H6/c18-15(13-6-2-1-3-7-13)16-10-9-12-5-4-8-14(11-12)17(19)20;1-2/h1-8,11H,9-10H2,(H,16,18);1-2H3. The molecule has 22 heavy (non-hydrogen) atoms. The van der Waals surface area contributed by atoms with Gasteiger partial charge >= 0.3 is 0 Å². The normalized spacial score (nSPS) is 9.36. The summed E-state index contributed by atoms with van der Waals surface area (Å²) >= 11 is 0. The summed E-state index contributed by atoms with van der Waals surface area (Å²) in [6.07, 6.45) is 0.556. The van der Waals surface area contributed by atoms with E-state index in [9.17, 15) is 14.9 Å². The van der Waals surface area contributed by atoms with E-state index in [1.807, 2.05) is 26.0 Å². The van der Waals surface area contributed by atoms with Crippen molar-refractivity contribution in [1.82, 2.24) is 5.32 Å². The lowest BCUT2D eigenvalue weighted by atomic mass is 10.1. The first kappa shape index (κ1) is 17.4. The molecular formula is C17H20N2O3. The maximum atomic E-state index is 11.8. The Kier molecular flexibility index (Phi) is 7.33. The fraction of sp³-hybridized carbons (Fsp3) is 0.235. The van der Waals surface area contributed by atoms with E-state index in [1.54, 1.807) is 30.3 Å². The molecule has 2 aromatic carbocycles. The monoisotopic (exact) mass is 300 g/mol. The van der Waals surface area contributed by atoms with Crippen LogP contribution in [0.4, 0.5) is 5.69 Å². The maximum absolute atomic E-state index is 11.8. The highest BCUT2D eigenvalue weighted by atomic mass is 16.6. The Labute approximate surface area is 130 Å². The third-order valence-electron chi connectivity index (χ3n) is 2.86. The number of nitro groups is 1. The molecule has 0 aliphatic heterocycles. The van der Waals surface area contributed by atoms with Gasteiger partial charge in [0.1, 0.15) is 0 Å². The highest BCUT2D eigenvalue weighted by Crippen LogP contribution is 2.13. The molecular weight excluding hydrogens is 280 g/mol. The molecule has 1 amide bonds. The van der Waals surface area contributed by atoms with Crippen LogP contribution >= 0.6 is 0 Å². The summed E-state index contributed by atoms with van der Waals surface area (Å²) in [4.78, 5) is 22.0. The van der Waals surface area contributed by atoms with Crippen molar-refractivity contribution < 1.29 is 9.72 Å². The molecule has 1 N–H and O–H groups in total. The van der Waals surface area contributed by atoms with E-state index in [0.29, 0.717) is 18.5 Å². The molecule has 0 heterocycles. The first-order valence-electron chi connectivity index (χ1n) is 7.23. The molecule has 0 fully saturated rings. The number of benzene rings is 2. The zero-order valence-electron chi connectivity index (χ0n) is 12.8. The Balaban J connectivity index is 0.00000116. The number of carbonyl (C=O) groups excluding carboxylic acids is 1. The van der Waals surface area contributed by atoms with Crippen LogP contribution in [0.15, 0.2) is 54.6 Å². The van der Waals surface area contributed by atoms with E-state index in [2.05, 4.69) is 5.32 Å². The largest absolute Gasteiger partial charge is 0.352 e. The van der Waals surface area contributed by atoms with Crippen molar-refractivity contribution in [2.24, 2.45) is 0 Å². The third-order valence-corrected chi connectivity index (χ3v) is 2.86. The van der Waals surface area contributed by atoms with Gasteiger partial charge in [-0.05, 0) is 24.1 Å². The fourth-order valence-electron chi connectivity index (χ4n) is 1.84. The van der Waals surface area contributed by atoms with Crippen LogP contribution in [0.3, 0.4) is 0 Å². The van der Waals surface area contributed by atoms with Crippen LogP contribution in [0.2, 0.25) is 0 Å². The number of amides is 1. The number of hydrogen-bond donors (Lipinski definition) is 1. The molecule has 0 radical (unpaired) electrons. The SMILES string of the molecule is CC.O=C(NCCc1cccc([N+](=O)[O-])c1)c1ccccc1. The number of nitro benzene ring substituents is 1. The molecule has 0 aliphatic carbocycles. The molecule has 0 spiro atoms. The molecule has 5 nitrogen and oxygen atoms in total. The summed E-state index contributed by atoms with van der Waals surface area (Å²) in [5.74, 6) is -0.143. The van der Waals surface area contributed by atoms with Crippen LogP contribution < -0.4 is 5.32 Å². The number of non-ortho nitro benzene ring substituents is 1. The Morgan fingerprint density at radius 1 is 1.09 bits per heavy atom. The molecule has 0 saturated carbocycles. The zero-order chi connectivity index (χ0) is 16.4. The summed E-state index contributed by atoms with van der Waals surface area (Å²) in [7, 11) is 0. The average Bonchev–Trinajstić information content (AvgIpc) is 2.57. The lowest BCUT2D eigenvalue weighted by Crippen LogP contribution is -2.25. The minimum absolute atomic E-state index is 0.0666. The summed E-state index contributed by atoms with van der Waals surface area (Å²) in [5, 5.41) is 13.4. The second-order valence-electron chi connectivity index (χ2n) is 4.30. The number of rotatable bonds is 5. The molecule has 0 bridgehead atoms. The number of hydrogen-bond acceptors (Lipinski definition) is 3. The van der Waals surface area contributed by atoms with Gasteiger partial charge in [-0.15, -0.1) is 0 Å². The van der Waals surface area contributed by atoms with Gasteiger partial charge in [-0.25, -0.2) is 0 Å². The quantitative estimate of drug-likeness (QED) is 0.677. The van der Waals surface area contributed by atoms with Crippen molar-refractivity contribution in [2.45, 2.75) is 20.3 Å². The van der Waals surface area contributed by atoms with E-state index in [1.165, 1.54) is 12.1 Å². The molecule has 2 aromatic rings. The molecule has 2 rings (SSSR count). The highest BCUT2D eigenvalue weighted by molar-refractivity contribution is 5.94. The van der Waals surface area contributed by atoms with Gasteiger partial charge in [0.15, 0.2) is 0 Å². The van der Waals surface area contributed by atoms with Gasteiger partial charge in [-0.3, -0.25) is 14.9 Å². The van der Waals surface area contributed by atoms with Crippen molar-refractivity contribution in [3.05, 3.63) is 75.8 Å². The summed E-state index contributed by atoms with van der Waals surface area (Å²) in [6.45, 7) is 4.44. The van der Waals surface area contributed by atoms with Crippen LogP contribution in [0.25, 0.3) is 0 Å². The Hall–Kier alpha value is -2.69. The molecule has 0 aromatic heterocycles. The van der Waals surface area contributed by atoms with Crippen molar-refractivity contribution in [3.63, 3.8) is 0 Å². The Morgan fingerprint density at radius 2 is 1.77 bits per heavy atom. The number of nitrogens with one attached hydrogen (secondary N) is 1. The second-order valence-corrected chi connectivity index (χ2v) is 4.30. The van der Waals surface area contributed by atoms with Gasteiger partial charge in [0.05, 0.1) is 4.92 Å². The van der Waals surface area contributed by atoms with Gasteiger partial charge in [0, 0.05) is 24.2 Å². The summed E-state index contributed by atoms with van der Waals surface area (Å²) < 4.78 is 0. The maximum Gasteiger partial charge on any atom is 0.269 e. The van der Waals surface area contributed by atoms with Gasteiger partial charge < -0.3 is 5.32 Å². The predicted molar refractivity (Wildman–Crippen MR) is 86.9 cm³/mol. The minimum Gasteiger partial charge on any atom is -0.352 e. The number of carbonyl (C=O) groups is 1. The van der Waals surface area contributed by atoms with Crippen LogP contribution in [-0.2, 0) is 6.42 Å². The van der Waals surface area contributed by atoms with Crippen molar-refractivity contribution in [3.8, 4) is 0 Å². The summed E-state index contributed by atoms with van der Waals surface area (Å²) in [6, 6.07) is 15.4. The van der Waals surface area contributed by atoms with Crippen molar-refractivity contribution in [2.75, 3.05) is 6.54 Å². The van der Waals surface area contributed by atoms with Gasteiger partial charge in [0.25, 0.3) is 11.6 Å². The van der Waals surface area contributed by atoms with E-state index in [4.69, 9.17) is 0 Å². The molecule has 0 saturated heterocycles. The van der Waals surface area contributed by atoms with Gasteiger partial charge in [-0.1, -0.05) is 44.2 Å². The van der Waals surface area contributed by atoms with E-state index < -0.39 is 4.92 Å². The Bertz CT molecular complexity index is 612. The molecule has 0 aliphatic rings. The second kappa shape index (κ2) is 9.28. The fourth-order valence-corrected chi connectivity index (χ4v) is 1.84. The van der Waals surface area contributed by atoms with Gasteiger partial charge in [-0.2, -0.15) is 0 Å². The highest BCUT2D eigenvalue weighted by Gasteiger charge is 2.06. The molecule has 116 valence electrons. The van der Waals surface area contributed by atoms with Crippen molar-refractivity contribution >= 4 is 11.6 Å². The lowest BCUT2D eigenvalue weighted by Gasteiger charge is -2.05. The zero-order valence-corrected chi connectivity index (χ0v) is 12.8. The third kappa shape index (κ3) is 5.36. The van der Waals surface area contributed by atoms with Crippen LogP contribution in [-0.4, -0.2) is 17.4 Å². The molecule has 0 atom stereocenters. The van der Waals surface area contributed by atoms with E-state index in [0.717, 1.165) is 5.56 Å². The van der Waals surface area contributed by atoms with Gasteiger partial charge in [0.2, 0.25) is 0 Å². The minimum atomic E-state index is -0.425. The van der Waals surface area contributed by atoms with E-state index in [-0.39, 0.29) is 11.6 Å². The molecule has 0 unspecified atom stereocenters. The number of nitrogens with zero attached hydrogens (tertiary/aromatic N) is 1. The predicted octanol–water partition coefficient (Wildman–Crippen LogP) is 3.59.